The maximum atomic E-state index is 13.2. The Kier molecular flexibility index (Phi) is 4.33. The number of aliphatic carboxylic acids is 1. The van der Waals surface area contributed by atoms with Crippen molar-refractivity contribution in [1.82, 2.24) is 0 Å². The fourth-order valence-corrected chi connectivity index (χ4v) is 2.95. The first-order valence-electron chi connectivity index (χ1n) is 6.90. The third-order valence-electron chi connectivity index (χ3n) is 3.33. The predicted octanol–water partition coefficient (Wildman–Crippen LogP) is 4.40. The summed E-state index contributed by atoms with van der Waals surface area (Å²) in [5, 5.41) is 11.1. The van der Waals surface area contributed by atoms with E-state index in [1.807, 2.05) is 17.5 Å². The van der Waals surface area contributed by atoms with E-state index in [1.165, 1.54) is 23.5 Å². The molecule has 23 heavy (non-hydrogen) atoms. The lowest BCUT2D eigenvalue weighted by molar-refractivity contribution is -0.129. The number of hydrogen-bond acceptors (Lipinski definition) is 3. The first-order chi connectivity index (χ1) is 11.1. The second-order valence-corrected chi connectivity index (χ2v) is 5.78. The maximum absolute atomic E-state index is 13.2. The number of benzene rings is 1. The van der Waals surface area contributed by atoms with Crippen molar-refractivity contribution in [3.63, 3.8) is 0 Å². The molecule has 1 aromatic heterocycles. The molecule has 1 aromatic carbocycles. The Bertz CT molecular complexity index is 855. The van der Waals surface area contributed by atoms with Crippen LogP contribution in [-0.2, 0) is 4.79 Å². The first-order valence-corrected chi connectivity index (χ1v) is 7.78. The van der Waals surface area contributed by atoms with Gasteiger partial charge in [-0.05, 0) is 35.2 Å². The van der Waals surface area contributed by atoms with Crippen molar-refractivity contribution >= 4 is 34.2 Å². The molecule has 0 bridgehead atoms. The highest BCUT2D eigenvalue weighted by atomic mass is 32.1. The van der Waals surface area contributed by atoms with E-state index in [2.05, 4.69) is 10.7 Å². The van der Waals surface area contributed by atoms with E-state index in [0.717, 1.165) is 21.6 Å². The highest BCUT2D eigenvalue weighted by Crippen LogP contribution is 2.34. The summed E-state index contributed by atoms with van der Waals surface area (Å²) in [7, 11) is 0. The molecule has 0 saturated heterocycles. The molecule has 1 aliphatic rings. The molecule has 3 rings (SSSR count). The van der Waals surface area contributed by atoms with Crippen molar-refractivity contribution in [2.24, 2.45) is 4.99 Å². The van der Waals surface area contributed by atoms with Crippen LogP contribution < -0.4 is 0 Å². The van der Waals surface area contributed by atoms with Crippen LogP contribution in [0.4, 0.5) is 4.39 Å². The van der Waals surface area contributed by atoms with Crippen molar-refractivity contribution in [2.45, 2.75) is 6.42 Å². The van der Waals surface area contributed by atoms with Crippen molar-refractivity contribution in [3.8, 4) is 0 Å². The fraction of sp³-hybridized carbons (Fsp3) is 0.0556. The van der Waals surface area contributed by atoms with E-state index in [-0.39, 0.29) is 17.9 Å². The molecule has 2 heterocycles. The molecule has 0 saturated carbocycles. The second kappa shape index (κ2) is 6.57. The molecule has 1 aliphatic heterocycles. The molecule has 2 aromatic rings. The average Bonchev–Trinajstić information content (AvgIpc) is 3.02. The Labute approximate surface area is 136 Å². The van der Waals surface area contributed by atoms with Gasteiger partial charge in [-0.2, -0.15) is 0 Å². The van der Waals surface area contributed by atoms with E-state index < -0.39 is 5.97 Å². The number of aliphatic imine (C=N–C) groups is 1. The minimum absolute atomic E-state index is 0.0599. The first kappa shape index (κ1) is 15.2. The Morgan fingerprint density at radius 2 is 2.04 bits per heavy atom. The lowest BCUT2D eigenvalue weighted by Gasteiger charge is -2.10. The second-order valence-electron chi connectivity index (χ2n) is 4.84. The molecule has 114 valence electrons. The van der Waals surface area contributed by atoms with Crippen LogP contribution in [0.25, 0.3) is 11.1 Å². The molecular formula is C18H12FNO2S. The Morgan fingerprint density at radius 1 is 1.26 bits per heavy atom. The van der Waals surface area contributed by atoms with Crippen molar-refractivity contribution in [2.75, 3.05) is 0 Å². The maximum Gasteiger partial charge on any atom is 0.350 e. The van der Waals surface area contributed by atoms with E-state index in [4.69, 9.17) is 5.11 Å². The molecule has 0 unspecified atom stereocenters. The van der Waals surface area contributed by atoms with Crippen LogP contribution in [0, 0.1) is 5.82 Å². The van der Waals surface area contributed by atoms with Crippen LogP contribution in [0.15, 0.2) is 64.8 Å². The zero-order chi connectivity index (χ0) is 16.2. The van der Waals surface area contributed by atoms with Gasteiger partial charge in [0.25, 0.3) is 0 Å². The average molecular weight is 325 g/mol. The minimum atomic E-state index is -1.05. The fourth-order valence-electron chi connectivity index (χ4n) is 2.20. The largest absolute Gasteiger partial charge is 0.477 e. The summed E-state index contributed by atoms with van der Waals surface area (Å²) in [4.78, 5) is 16.2. The van der Waals surface area contributed by atoms with Gasteiger partial charge < -0.3 is 5.11 Å². The normalized spacial score (nSPS) is 16.7. The third-order valence-corrected chi connectivity index (χ3v) is 4.23. The van der Waals surface area contributed by atoms with Gasteiger partial charge in [-0.15, -0.1) is 17.1 Å². The summed E-state index contributed by atoms with van der Waals surface area (Å²) < 4.78 is 13.2. The van der Waals surface area contributed by atoms with Gasteiger partial charge in [0, 0.05) is 28.6 Å². The molecule has 3 nitrogen and oxygen atoms in total. The van der Waals surface area contributed by atoms with Gasteiger partial charge in [-0.25, -0.2) is 9.18 Å². The number of carbonyl (C=O) groups is 1. The number of carboxylic acid groups (broad SMARTS) is 1. The number of hydrogen-bond donors (Lipinski definition) is 1. The van der Waals surface area contributed by atoms with Crippen molar-refractivity contribution in [1.29, 1.82) is 0 Å². The van der Waals surface area contributed by atoms with Gasteiger partial charge in [0.05, 0.1) is 0 Å². The number of carboxylic acids is 1. The Hall–Kier alpha value is -2.75. The zero-order valence-corrected chi connectivity index (χ0v) is 12.8. The highest BCUT2D eigenvalue weighted by molar-refractivity contribution is 7.11. The van der Waals surface area contributed by atoms with E-state index in [1.54, 1.807) is 24.4 Å². The molecule has 5 heteroatoms. The van der Waals surface area contributed by atoms with Gasteiger partial charge in [0.2, 0.25) is 0 Å². The van der Waals surface area contributed by atoms with Crippen molar-refractivity contribution in [3.05, 3.63) is 76.0 Å². The topological polar surface area (TPSA) is 49.7 Å². The minimum Gasteiger partial charge on any atom is -0.477 e. The standard InChI is InChI=1S/C18H12FNO2S/c19-13-8-6-12(7-9-13)14-3-1-4-16(18(21)22)20-11-15(14)17-5-2-10-23-17/h1-2,5-11H,4H2,(H,21,22)/b15-11+,20-16?. The number of thiophene rings is 1. The molecule has 0 spiro atoms. The Balaban J connectivity index is 2.14. The molecule has 0 amide bonds. The van der Waals surface area contributed by atoms with E-state index in [9.17, 15) is 9.18 Å². The molecule has 0 aliphatic carbocycles. The quantitative estimate of drug-likeness (QED) is 0.851. The molecule has 0 fully saturated rings. The summed E-state index contributed by atoms with van der Waals surface area (Å²) >= 11 is 1.52. The van der Waals surface area contributed by atoms with Gasteiger partial charge in [0.15, 0.2) is 0 Å². The van der Waals surface area contributed by atoms with E-state index in [0.29, 0.717) is 0 Å². The van der Waals surface area contributed by atoms with Crippen LogP contribution in [-0.4, -0.2) is 16.8 Å². The summed E-state index contributed by atoms with van der Waals surface area (Å²) in [6, 6.07) is 9.97. The summed E-state index contributed by atoms with van der Waals surface area (Å²) in [5.74, 6) is -1.35. The van der Waals surface area contributed by atoms with Crippen LogP contribution in [0.5, 0.6) is 0 Å². The monoisotopic (exact) mass is 325 g/mol. The molecule has 1 N–H and O–H groups in total. The van der Waals surface area contributed by atoms with Gasteiger partial charge in [-0.3, -0.25) is 4.99 Å². The highest BCUT2D eigenvalue weighted by Gasteiger charge is 2.14. The smallest absolute Gasteiger partial charge is 0.350 e. The zero-order valence-electron chi connectivity index (χ0n) is 12.0. The van der Waals surface area contributed by atoms with Gasteiger partial charge in [-0.1, -0.05) is 18.2 Å². The van der Waals surface area contributed by atoms with Crippen molar-refractivity contribution < 1.29 is 14.3 Å². The molecule has 0 atom stereocenters. The number of allylic oxidation sites excluding steroid dienone is 2. The lowest BCUT2D eigenvalue weighted by atomic mass is 9.97. The van der Waals surface area contributed by atoms with Crippen LogP contribution in [0.2, 0.25) is 0 Å². The summed E-state index contributed by atoms with van der Waals surface area (Å²) in [6.45, 7) is 0. The SMILES string of the molecule is O=C(O)C1=N/C=C(/c2cccs2)C(c2ccc(F)cc2)=C=CC1. The third kappa shape index (κ3) is 3.37. The van der Waals surface area contributed by atoms with Crippen LogP contribution >= 0.6 is 11.3 Å². The molecule has 0 radical (unpaired) electrons. The number of halogens is 1. The predicted molar refractivity (Wildman–Crippen MR) is 89.9 cm³/mol. The summed E-state index contributed by atoms with van der Waals surface area (Å²) in [6.07, 6.45) is 3.38. The van der Waals surface area contributed by atoms with Crippen LogP contribution in [0.1, 0.15) is 16.9 Å². The number of nitrogens with zero attached hydrogens (tertiary/aromatic N) is 1. The van der Waals surface area contributed by atoms with E-state index >= 15 is 0 Å². The van der Waals surface area contributed by atoms with Crippen LogP contribution in [0.3, 0.4) is 0 Å². The van der Waals surface area contributed by atoms with Gasteiger partial charge in [0.1, 0.15) is 11.5 Å². The lowest BCUT2D eigenvalue weighted by Crippen LogP contribution is -2.11. The number of rotatable bonds is 3. The summed E-state index contributed by atoms with van der Waals surface area (Å²) in [5.41, 5.74) is 5.54. The molecular weight excluding hydrogens is 313 g/mol. The van der Waals surface area contributed by atoms with Gasteiger partial charge >= 0.3 is 5.97 Å². The Morgan fingerprint density at radius 3 is 2.70 bits per heavy atom.